The average molecular weight is 409 g/mol. The minimum atomic E-state index is -0.342. The van der Waals surface area contributed by atoms with Crippen molar-refractivity contribution in [2.75, 3.05) is 12.9 Å². The summed E-state index contributed by atoms with van der Waals surface area (Å²) in [6, 6.07) is 16.4. The lowest BCUT2D eigenvalue weighted by molar-refractivity contribution is 0.102. The van der Waals surface area contributed by atoms with Crippen LogP contribution in [-0.4, -0.2) is 33.4 Å². The van der Waals surface area contributed by atoms with Crippen LogP contribution in [0.15, 0.2) is 76.5 Å². The van der Waals surface area contributed by atoms with E-state index in [-0.39, 0.29) is 17.4 Å². The van der Waals surface area contributed by atoms with Crippen molar-refractivity contribution in [3.8, 4) is 23.0 Å². The number of ether oxygens (including phenoxy) is 1. The van der Waals surface area contributed by atoms with E-state index in [2.05, 4.69) is 10.2 Å². The van der Waals surface area contributed by atoms with Crippen molar-refractivity contribution in [2.45, 2.75) is 5.16 Å². The van der Waals surface area contributed by atoms with E-state index in [1.165, 1.54) is 23.9 Å². The smallest absolute Gasteiger partial charge is 0.205 e. The molecule has 0 N–H and O–H groups in total. The number of hydrogen-bond donors (Lipinski definition) is 0. The van der Waals surface area contributed by atoms with Gasteiger partial charge in [-0.15, -0.1) is 10.2 Å². The maximum Gasteiger partial charge on any atom is 0.205 e. The van der Waals surface area contributed by atoms with Gasteiger partial charge in [0, 0.05) is 5.56 Å². The van der Waals surface area contributed by atoms with E-state index in [0.29, 0.717) is 33.7 Å². The van der Waals surface area contributed by atoms with Crippen LogP contribution >= 0.6 is 11.8 Å². The lowest BCUT2D eigenvalue weighted by Crippen LogP contribution is -2.05. The number of rotatable bonds is 7. The highest BCUT2D eigenvalue weighted by atomic mass is 32.2. The Morgan fingerprint density at radius 1 is 1.10 bits per heavy atom. The van der Waals surface area contributed by atoms with Gasteiger partial charge in [0.2, 0.25) is 5.82 Å². The van der Waals surface area contributed by atoms with Gasteiger partial charge in [0.15, 0.2) is 16.7 Å². The Labute approximate surface area is 170 Å². The molecule has 2 heterocycles. The highest BCUT2D eigenvalue weighted by Crippen LogP contribution is 2.29. The minimum absolute atomic E-state index is 0.0501. The molecule has 0 aliphatic rings. The predicted octanol–water partition coefficient (Wildman–Crippen LogP) is 4.65. The molecule has 8 heteroatoms. The molecule has 29 heavy (non-hydrogen) atoms. The van der Waals surface area contributed by atoms with Crippen LogP contribution in [0.25, 0.3) is 17.3 Å². The van der Waals surface area contributed by atoms with E-state index in [1.54, 1.807) is 66.5 Å². The highest BCUT2D eigenvalue weighted by molar-refractivity contribution is 7.99. The molecule has 0 saturated heterocycles. The summed E-state index contributed by atoms with van der Waals surface area (Å²) in [5.41, 5.74) is 1.25. The number of hydrogen-bond acceptors (Lipinski definition) is 6. The van der Waals surface area contributed by atoms with E-state index in [0.717, 1.165) is 0 Å². The van der Waals surface area contributed by atoms with Crippen LogP contribution in [0.1, 0.15) is 10.4 Å². The fraction of sp³-hybridized carbons (Fsp3) is 0.0952. The first-order valence-corrected chi connectivity index (χ1v) is 9.69. The maximum atomic E-state index is 13.4. The number of carbonyl (C=O) groups is 1. The molecule has 0 radical (unpaired) electrons. The quantitative estimate of drug-likeness (QED) is 0.327. The average Bonchev–Trinajstić information content (AvgIpc) is 3.42. The first kappa shape index (κ1) is 18.9. The molecule has 0 spiro atoms. The predicted molar refractivity (Wildman–Crippen MR) is 107 cm³/mol. The highest BCUT2D eigenvalue weighted by Gasteiger charge is 2.19. The van der Waals surface area contributed by atoms with Crippen LogP contribution in [-0.2, 0) is 0 Å². The lowest BCUT2D eigenvalue weighted by atomic mass is 10.1. The number of nitrogens with zero attached hydrogens (tertiary/aromatic N) is 3. The molecule has 0 aliphatic heterocycles. The van der Waals surface area contributed by atoms with Crippen molar-refractivity contribution < 1.29 is 18.3 Å². The van der Waals surface area contributed by atoms with Gasteiger partial charge in [0.1, 0.15) is 11.6 Å². The number of furan rings is 1. The summed E-state index contributed by atoms with van der Waals surface area (Å²) in [6.45, 7) is 0. The van der Waals surface area contributed by atoms with Gasteiger partial charge in [-0.3, -0.25) is 9.36 Å². The van der Waals surface area contributed by atoms with Crippen LogP contribution < -0.4 is 4.74 Å². The Bertz CT molecular complexity index is 1110. The third kappa shape index (κ3) is 4.07. The monoisotopic (exact) mass is 409 g/mol. The van der Waals surface area contributed by atoms with Gasteiger partial charge in [0.05, 0.1) is 24.8 Å². The number of aromatic nitrogens is 3. The zero-order chi connectivity index (χ0) is 20.2. The van der Waals surface area contributed by atoms with Crippen molar-refractivity contribution in [3.63, 3.8) is 0 Å². The number of thioether (sulfide) groups is 1. The Morgan fingerprint density at radius 2 is 1.86 bits per heavy atom. The van der Waals surface area contributed by atoms with Crippen molar-refractivity contribution in [3.05, 3.63) is 78.3 Å². The number of carbonyl (C=O) groups excluding carboxylic acids is 1. The van der Waals surface area contributed by atoms with Crippen LogP contribution in [0.2, 0.25) is 0 Å². The van der Waals surface area contributed by atoms with E-state index in [9.17, 15) is 9.18 Å². The van der Waals surface area contributed by atoms with Gasteiger partial charge in [-0.1, -0.05) is 11.8 Å². The largest absolute Gasteiger partial charge is 0.497 e. The molecular weight excluding hydrogens is 393 g/mol. The standard InChI is InChI=1S/C21H16FN3O3S/c1-27-17-10-4-14(5-11-17)18(26)13-29-21-24-23-20(19-3-2-12-28-19)25(21)16-8-6-15(22)7-9-16/h2-12H,13H2,1H3. The first-order valence-electron chi connectivity index (χ1n) is 8.71. The van der Waals surface area contributed by atoms with Gasteiger partial charge in [-0.25, -0.2) is 4.39 Å². The van der Waals surface area contributed by atoms with Gasteiger partial charge >= 0.3 is 0 Å². The molecule has 2 aromatic heterocycles. The molecule has 0 bridgehead atoms. The van der Waals surface area contributed by atoms with Crippen LogP contribution in [0.5, 0.6) is 5.75 Å². The molecule has 0 amide bonds. The van der Waals surface area contributed by atoms with Gasteiger partial charge < -0.3 is 9.15 Å². The number of Topliss-reactive ketones (excluding diaryl/α,β-unsaturated/α-hetero) is 1. The number of halogens is 1. The second-order valence-corrected chi connectivity index (χ2v) is 6.98. The lowest BCUT2D eigenvalue weighted by Gasteiger charge is -2.09. The molecule has 6 nitrogen and oxygen atoms in total. The maximum absolute atomic E-state index is 13.4. The minimum Gasteiger partial charge on any atom is -0.497 e. The second kappa shape index (κ2) is 8.32. The molecule has 4 aromatic rings. The summed E-state index contributed by atoms with van der Waals surface area (Å²) in [5.74, 6) is 1.46. The summed E-state index contributed by atoms with van der Waals surface area (Å²) in [6.07, 6.45) is 1.54. The van der Waals surface area contributed by atoms with E-state index >= 15 is 0 Å². The van der Waals surface area contributed by atoms with E-state index < -0.39 is 0 Å². The van der Waals surface area contributed by atoms with Crippen molar-refractivity contribution in [1.82, 2.24) is 14.8 Å². The van der Waals surface area contributed by atoms with Crippen molar-refractivity contribution in [2.24, 2.45) is 0 Å². The van der Waals surface area contributed by atoms with Crippen LogP contribution in [0.4, 0.5) is 4.39 Å². The Kier molecular flexibility index (Phi) is 5.44. The summed E-state index contributed by atoms with van der Waals surface area (Å²) >= 11 is 1.25. The molecule has 0 atom stereocenters. The third-order valence-corrected chi connectivity index (χ3v) is 5.13. The number of benzene rings is 2. The Hall–Kier alpha value is -3.39. The summed E-state index contributed by atoms with van der Waals surface area (Å²) in [7, 11) is 1.57. The van der Waals surface area contributed by atoms with Crippen molar-refractivity contribution in [1.29, 1.82) is 0 Å². The van der Waals surface area contributed by atoms with E-state index in [1.807, 2.05) is 0 Å². The zero-order valence-electron chi connectivity index (χ0n) is 15.4. The summed E-state index contributed by atoms with van der Waals surface area (Å²) < 4.78 is 25.7. The van der Waals surface area contributed by atoms with Crippen LogP contribution in [0, 0.1) is 5.82 Å². The summed E-state index contributed by atoms with van der Waals surface area (Å²) in [4.78, 5) is 12.6. The third-order valence-electron chi connectivity index (χ3n) is 4.20. The molecule has 0 saturated carbocycles. The van der Waals surface area contributed by atoms with Crippen molar-refractivity contribution >= 4 is 17.5 Å². The van der Waals surface area contributed by atoms with E-state index in [4.69, 9.17) is 9.15 Å². The van der Waals surface area contributed by atoms with Gasteiger partial charge in [-0.2, -0.15) is 0 Å². The fourth-order valence-electron chi connectivity index (χ4n) is 2.74. The number of methoxy groups -OCH3 is 1. The Balaban J connectivity index is 1.61. The molecule has 2 aromatic carbocycles. The topological polar surface area (TPSA) is 70.2 Å². The SMILES string of the molecule is COc1ccc(C(=O)CSc2nnc(-c3ccco3)n2-c2ccc(F)cc2)cc1. The molecule has 0 unspecified atom stereocenters. The van der Waals surface area contributed by atoms with Crippen LogP contribution in [0.3, 0.4) is 0 Å². The molecule has 146 valence electrons. The summed E-state index contributed by atoms with van der Waals surface area (Å²) in [5, 5.41) is 8.93. The normalized spacial score (nSPS) is 10.8. The first-order chi connectivity index (χ1) is 14.2. The molecule has 0 aliphatic carbocycles. The second-order valence-electron chi connectivity index (χ2n) is 6.04. The molecule has 0 fully saturated rings. The molecular formula is C21H16FN3O3S. The molecule has 4 rings (SSSR count). The number of ketones is 1. The van der Waals surface area contributed by atoms with Gasteiger partial charge in [0.25, 0.3) is 0 Å². The Morgan fingerprint density at radius 3 is 2.52 bits per heavy atom. The van der Waals surface area contributed by atoms with Gasteiger partial charge in [-0.05, 0) is 60.7 Å². The fourth-order valence-corrected chi connectivity index (χ4v) is 3.59. The zero-order valence-corrected chi connectivity index (χ0v) is 16.2.